The van der Waals surface area contributed by atoms with Crippen molar-refractivity contribution in [2.45, 2.75) is 36.6 Å². The van der Waals surface area contributed by atoms with Gasteiger partial charge >= 0.3 is 0 Å². The van der Waals surface area contributed by atoms with Crippen molar-refractivity contribution in [1.82, 2.24) is 29.1 Å². The Balaban J connectivity index is 0.00000134. The Kier molecular flexibility index (Phi) is 11.1. The molecule has 0 atom stereocenters. The number of aromatic nitrogens is 3. The molecule has 246 valence electrons. The fourth-order valence-electron chi connectivity index (χ4n) is 6.02. The predicted molar refractivity (Wildman–Crippen MR) is 176 cm³/mol. The predicted octanol–water partition coefficient (Wildman–Crippen LogP) is 3.72. The molecule has 2 saturated heterocycles. The Morgan fingerprint density at radius 1 is 1.04 bits per heavy atom. The third-order valence-electron chi connectivity index (χ3n) is 8.35. The van der Waals surface area contributed by atoms with Gasteiger partial charge in [0.1, 0.15) is 5.82 Å². The Morgan fingerprint density at radius 2 is 1.72 bits per heavy atom. The van der Waals surface area contributed by atoms with Crippen molar-refractivity contribution in [2.24, 2.45) is 0 Å². The van der Waals surface area contributed by atoms with Gasteiger partial charge in [0.05, 0.1) is 24.6 Å². The number of hydrogen-bond donors (Lipinski definition) is 3. The molecular formula is C32H41N7O6S. The van der Waals surface area contributed by atoms with Gasteiger partial charge in [-0.1, -0.05) is 0 Å². The second-order valence-corrected chi connectivity index (χ2v) is 13.0. The van der Waals surface area contributed by atoms with E-state index in [-0.39, 0.29) is 12.5 Å². The number of benzene rings is 2. The van der Waals surface area contributed by atoms with Crippen LogP contribution in [0.4, 0.5) is 11.6 Å². The first-order valence-electron chi connectivity index (χ1n) is 15.3. The number of carboxylic acid groups (broad SMARTS) is 1. The molecule has 46 heavy (non-hydrogen) atoms. The zero-order valence-corrected chi connectivity index (χ0v) is 26.9. The minimum atomic E-state index is -3.65. The van der Waals surface area contributed by atoms with Crippen LogP contribution in [0.3, 0.4) is 0 Å². The molecule has 0 radical (unpaired) electrons. The van der Waals surface area contributed by atoms with Crippen molar-refractivity contribution in [3.63, 3.8) is 0 Å². The van der Waals surface area contributed by atoms with Crippen LogP contribution in [0.5, 0.6) is 11.5 Å². The second-order valence-electron chi connectivity index (χ2n) is 11.1. The van der Waals surface area contributed by atoms with Gasteiger partial charge in [0, 0.05) is 48.7 Å². The summed E-state index contributed by atoms with van der Waals surface area (Å²) in [7, 11) is -0.426. The Bertz CT molecular complexity index is 1700. The Labute approximate surface area is 269 Å². The molecule has 0 amide bonds. The highest BCUT2D eigenvalue weighted by atomic mass is 32.2. The summed E-state index contributed by atoms with van der Waals surface area (Å²) >= 11 is 0. The number of sulfonamides is 1. The number of fused-ring (bicyclic) bond motifs is 1. The normalized spacial score (nSPS) is 15.8. The summed E-state index contributed by atoms with van der Waals surface area (Å²) in [6.45, 7) is 4.81. The summed E-state index contributed by atoms with van der Waals surface area (Å²) in [5.74, 6) is 2.37. The van der Waals surface area contributed by atoms with Gasteiger partial charge in [0.15, 0.2) is 11.5 Å². The molecule has 0 unspecified atom stereocenters. The summed E-state index contributed by atoms with van der Waals surface area (Å²) in [4.78, 5) is 20.1. The third kappa shape index (κ3) is 7.58. The first-order chi connectivity index (χ1) is 22.4. The zero-order chi connectivity index (χ0) is 32.5. The van der Waals surface area contributed by atoms with Crippen LogP contribution in [0, 0.1) is 0 Å². The van der Waals surface area contributed by atoms with Crippen molar-refractivity contribution < 1.29 is 27.8 Å². The van der Waals surface area contributed by atoms with E-state index >= 15 is 0 Å². The zero-order valence-electron chi connectivity index (χ0n) is 26.1. The quantitative estimate of drug-likeness (QED) is 0.204. The van der Waals surface area contributed by atoms with Crippen LogP contribution >= 0.6 is 0 Å². The number of ether oxygens (including phenoxy) is 2. The molecular weight excluding hydrogens is 610 g/mol. The first kappa shape index (κ1) is 33.1. The number of anilines is 2. The Morgan fingerprint density at radius 3 is 2.39 bits per heavy atom. The lowest BCUT2D eigenvalue weighted by atomic mass is 10.1. The smallest absolute Gasteiger partial charge is 0.290 e. The average Bonchev–Trinajstić information content (AvgIpc) is 3.75. The highest BCUT2D eigenvalue weighted by molar-refractivity contribution is 7.89. The average molecular weight is 652 g/mol. The number of nitrogens with one attached hydrogen (secondary N) is 2. The Hall–Kier alpha value is -4.24. The maximum atomic E-state index is 13.9. The van der Waals surface area contributed by atoms with E-state index in [1.54, 1.807) is 49.0 Å². The number of nitrogens with zero attached hydrogens (tertiary/aromatic N) is 5. The van der Waals surface area contributed by atoms with Gasteiger partial charge in [-0.2, -0.15) is 9.29 Å². The molecule has 0 aliphatic carbocycles. The molecule has 14 heteroatoms. The number of carbonyl (C=O) groups is 1. The molecule has 0 spiro atoms. The number of methoxy groups -OCH3 is 2. The summed E-state index contributed by atoms with van der Waals surface area (Å²) in [5, 5.41) is 14.5. The van der Waals surface area contributed by atoms with Gasteiger partial charge in [0.25, 0.3) is 6.47 Å². The van der Waals surface area contributed by atoms with Gasteiger partial charge in [-0.3, -0.25) is 4.79 Å². The van der Waals surface area contributed by atoms with Gasteiger partial charge < -0.3 is 34.7 Å². The second kappa shape index (κ2) is 15.4. The molecule has 4 heterocycles. The number of piperidine rings is 1. The number of hydrogen-bond acceptors (Lipinski definition) is 10. The molecule has 2 aromatic heterocycles. The van der Waals surface area contributed by atoms with Crippen molar-refractivity contribution in [3.8, 4) is 17.3 Å². The van der Waals surface area contributed by atoms with E-state index in [4.69, 9.17) is 24.4 Å². The van der Waals surface area contributed by atoms with Crippen LogP contribution < -0.4 is 20.1 Å². The largest absolute Gasteiger partial charge is 0.493 e. The lowest BCUT2D eigenvalue weighted by Gasteiger charge is -2.34. The SMILES string of the molecule is COc1cc2ccn(-c3ccnc(Nc4ccc(S(=O)(=O)N(CCN5CCCC5)C5CCNCC5)cc4)n3)c2cc1OC.O=CO. The molecule has 6 rings (SSSR count). The molecule has 2 aliphatic heterocycles. The molecule has 2 fully saturated rings. The molecule has 0 bridgehead atoms. The van der Waals surface area contributed by atoms with E-state index in [1.807, 2.05) is 35.0 Å². The lowest BCUT2D eigenvalue weighted by Crippen LogP contribution is -2.48. The molecule has 13 nitrogen and oxygen atoms in total. The van der Waals surface area contributed by atoms with Crippen LogP contribution in [0.15, 0.2) is 65.8 Å². The number of likely N-dealkylation sites (tertiary alicyclic amines) is 1. The third-order valence-corrected chi connectivity index (χ3v) is 10.3. The van der Waals surface area contributed by atoms with Gasteiger partial charge in [-0.25, -0.2) is 13.4 Å². The van der Waals surface area contributed by atoms with Crippen LogP contribution in [-0.2, 0) is 14.8 Å². The maximum absolute atomic E-state index is 13.9. The molecule has 4 aromatic rings. The highest BCUT2D eigenvalue weighted by Crippen LogP contribution is 2.33. The molecule has 2 aliphatic rings. The van der Waals surface area contributed by atoms with Gasteiger partial charge in [0.2, 0.25) is 16.0 Å². The summed E-state index contributed by atoms with van der Waals surface area (Å²) < 4.78 is 42.4. The molecule has 2 aromatic carbocycles. The lowest BCUT2D eigenvalue weighted by molar-refractivity contribution is -0.122. The van der Waals surface area contributed by atoms with E-state index in [2.05, 4.69) is 20.5 Å². The van der Waals surface area contributed by atoms with Crippen LogP contribution in [-0.4, -0.2) is 103 Å². The standard InChI is InChI=1S/C31H39N7O4S.CH2O2/c1-41-28-21-23-12-18-37(27(23)22-29(28)42-2)30-11-15-33-31(35-30)34-24-5-7-26(8-6-24)43(39,40)38(25-9-13-32-14-10-25)20-19-36-16-3-4-17-36;2-1-3/h5-8,11-12,15,18,21-22,25,32H,3-4,9-10,13-14,16-17,19-20H2,1-2H3,(H,33,34,35);1H,(H,2,3). The number of rotatable bonds is 11. The van der Waals surface area contributed by atoms with Crippen LogP contribution in [0.2, 0.25) is 0 Å². The van der Waals surface area contributed by atoms with Crippen molar-refractivity contribution in [2.75, 3.05) is 58.8 Å². The van der Waals surface area contributed by atoms with Crippen molar-refractivity contribution in [3.05, 3.63) is 60.9 Å². The minimum absolute atomic E-state index is 0.00798. The summed E-state index contributed by atoms with van der Waals surface area (Å²) in [5.41, 5.74) is 1.62. The highest BCUT2D eigenvalue weighted by Gasteiger charge is 2.32. The first-order valence-corrected chi connectivity index (χ1v) is 16.8. The van der Waals surface area contributed by atoms with Crippen LogP contribution in [0.25, 0.3) is 16.7 Å². The van der Waals surface area contributed by atoms with E-state index in [0.29, 0.717) is 40.4 Å². The van der Waals surface area contributed by atoms with Crippen molar-refractivity contribution >= 4 is 39.0 Å². The summed E-state index contributed by atoms with van der Waals surface area (Å²) in [6.07, 6.45) is 7.65. The van der Waals surface area contributed by atoms with Gasteiger partial charge in [-0.15, -0.1) is 0 Å². The maximum Gasteiger partial charge on any atom is 0.290 e. The van der Waals surface area contributed by atoms with E-state index < -0.39 is 10.0 Å². The molecule has 3 N–H and O–H groups in total. The van der Waals surface area contributed by atoms with E-state index in [9.17, 15) is 8.42 Å². The monoisotopic (exact) mass is 651 g/mol. The summed E-state index contributed by atoms with van der Waals surface area (Å²) in [6, 6.07) is 14.6. The fraction of sp³-hybridized carbons (Fsp3) is 0.406. The van der Waals surface area contributed by atoms with E-state index in [1.165, 1.54) is 12.8 Å². The topological polar surface area (TPSA) is 151 Å². The fourth-order valence-corrected chi connectivity index (χ4v) is 7.70. The minimum Gasteiger partial charge on any atom is -0.493 e. The van der Waals surface area contributed by atoms with Gasteiger partial charge in [-0.05, 0) is 94.3 Å². The van der Waals surface area contributed by atoms with Crippen LogP contribution in [0.1, 0.15) is 25.7 Å². The van der Waals surface area contributed by atoms with E-state index in [0.717, 1.165) is 56.5 Å². The molecule has 0 saturated carbocycles. The van der Waals surface area contributed by atoms with Crippen molar-refractivity contribution in [1.29, 1.82) is 0 Å².